The molecule has 0 fully saturated rings. The monoisotopic (exact) mass is 186 g/mol. The van der Waals surface area contributed by atoms with Crippen LogP contribution in [0.3, 0.4) is 0 Å². The zero-order chi connectivity index (χ0) is 9.14. The zero-order valence-electron chi connectivity index (χ0n) is 6.65. The Labute approximate surface area is 74.0 Å². The number of carbonyl (C=O) groups is 1. The van der Waals surface area contributed by atoms with E-state index in [1.54, 1.807) is 0 Å². The number of rotatable bonds is 3. The van der Waals surface area contributed by atoms with Crippen molar-refractivity contribution in [1.82, 2.24) is 4.98 Å². The van der Waals surface area contributed by atoms with Crippen molar-refractivity contribution in [1.29, 1.82) is 0 Å². The Kier molecular flexibility index (Phi) is 2.78. The van der Waals surface area contributed by atoms with Gasteiger partial charge >= 0.3 is 5.97 Å². The molecule has 0 amide bonds. The van der Waals surface area contributed by atoms with Gasteiger partial charge < -0.3 is 10.8 Å². The summed E-state index contributed by atoms with van der Waals surface area (Å²) in [5.74, 6) is -0.943. The largest absolute Gasteiger partial charge is 0.477 e. The minimum absolute atomic E-state index is 0.136. The van der Waals surface area contributed by atoms with E-state index in [4.69, 9.17) is 10.8 Å². The number of thiazole rings is 1. The van der Waals surface area contributed by atoms with E-state index in [9.17, 15) is 4.79 Å². The highest BCUT2D eigenvalue weighted by atomic mass is 32.1. The molecule has 66 valence electrons. The van der Waals surface area contributed by atoms with Crippen molar-refractivity contribution >= 4 is 17.3 Å². The third kappa shape index (κ3) is 1.80. The summed E-state index contributed by atoms with van der Waals surface area (Å²) in [7, 11) is 0. The normalized spacial score (nSPS) is 12.8. The van der Waals surface area contributed by atoms with Crippen LogP contribution in [0, 0.1) is 0 Å². The molecule has 1 aromatic rings. The minimum Gasteiger partial charge on any atom is -0.477 e. The number of carboxylic acids is 1. The maximum Gasteiger partial charge on any atom is 0.347 e. The van der Waals surface area contributed by atoms with Crippen LogP contribution in [0.5, 0.6) is 0 Å². The summed E-state index contributed by atoms with van der Waals surface area (Å²) in [4.78, 5) is 14.6. The molecule has 0 aliphatic rings. The summed E-state index contributed by atoms with van der Waals surface area (Å²) in [5, 5.41) is 9.27. The van der Waals surface area contributed by atoms with E-state index in [0.29, 0.717) is 5.01 Å². The molecule has 5 heteroatoms. The highest BCUT2D eigenvalue weighted by Gasteiger charge is 2.12. The second-order valence-corrected chi connectivity index (χ2v) is 3.44. The summed E-state index contributed by atoms with van der Waals surface area (Å²) in [6.45, 7) is 1.94. The smallest absolute Gasteiger partial charge is 0.347 e. The quantitative estimate of drug-likeness (QED) is 0.744. The highest BCUT2D eigenvalue weighted by molar-refractivity contribution is 7.13. The maximum absolute atomic E-state index is 10.5. The van der Waals surface area contributed by atoms with Crippen molar-refractivity contribution in [3.05, 3.63) is 16.1 Å². The van der Waals surface area contributed by atoms with E-state index in [2.05, 4.69) is 4.98 Å². The first-order valence-corrected chi connectivity index (χ1v) is 4.41. The molecule has 0 spiro atoms. The van der Waals surface area contributed by atoms with Crippen molar-refractivity contribution in [3.63, 3.8) is 0 Å². The van der Waals surface area contributed by atoms with Gasteiger partial charge in [-0.25, -0.2) is 9.78 Å². The van der Waals surface area contributed by atoms with Gasteiger partial charge in [-0.1, -0.05) is 6.92 Å². The SMILES string of the molecule is CC[C@H](N)c1ncc(C(=O)O)s1. The van der Waals surface area contributed by atoms with Crippen LogP contribution in [0.1, 0.15) is 34.1 Å². The molecule has 1 aromatic heterocycles. The van der Waals surface area contributed by atoms with Gasteiger partial charge in [0.05, 0.1) is 12.2 Å². The first-order valence-electron chi connectivity index (χ1n) is 3.59. The molecule has 0 saturated heterocycles. The molecule has 4 nitrogen and oxygen atoms in total. The molecular weight excluding hydrogens is 176 g/mol. The number of aromatic nitrogens is 1. The molecule has 0 aliphatic heterocycles. The summed E-state index contributed by atoms with van der Waals surface area (Å²) in [6.07, 6.45) is 2.12. The fourth-order valence-electron chi connectivity index (χ4n) is 0.733. The lowest BCUT2D eigenvalue weighted by Crippen LogP contribution is -2.07. The fraction of sp³-hybridized carbons (Fsp3) is 0.429. The van der Waals surface area contributed by atoms with Crippen LogP contribution in [-0.2, 0) is 0 Å². The fourth-order valence-corrected chi connectivity index (χ4v) is 1.57. The second kappa shape index (κ2) is 3.64. The molecule has 12 heavy (non-hydrogen) atoms. The van der Waals surface area contributed by atoms with E-state index in [-0.39, 0.29) is 10.9 Å². The molecule has 0 saturated carbocycles. The van der Waals surface area contributed by atoms with Gasteiger partial charge in [0.2, 0.25) is 0 Å². The summed E-state index contributed by atoms with van der Waals surface area (Å²) in [5.41, 5.74) is 5.66. The average molecular weight is 186 g/mol. The molecule has 1 rings (SSSR count). The van der Waals surface area contributed by atoms with Crippen molar-refractivity contribution in [3.8, 4) is 0 Å². The van der Waals surface area contributed by atoms with Gasteiger partial charge in [0, 0.05) is 0 Å². The Morgan fingerprint density at radius 3 is 3.00 bits per heavy atom. The number of nitrogens with zero attached hydrogens (tertiary/aromatic N) is 1. The van der Waals surface area contributed by atoms with Crippen LogP contribution in [0.4, 0.5) is 0 Å². The van der Waals surface area contributed by atoms with Crippen LogP contribution in [0.2, 0.25) is 0 Å². The number of nitrogens with two attached hydrogens (primary N) is 1. The number of hydrogen-bond donors (Lipinski definition) is 2. The Hall–Kier alpha value is -0.940. The Morgan fingerprint density at radius 1 is 1.92 bits per heavy atom. The Bertz CT molecular complexity index is 285. The lowest BCUT2D eigenvalue weighted by molar-refractivity contribution is 0.0702. The zero-order valence-corrected chi connectivity index (χ0v) is 7.47. The maximum atomic E-state index is 10.5. The molecule has 0 unspecified atom stereocenters. The van der Waals surface area contributed by atoms with E-state index >= 15 is 0 Å². The summed E-state index contributed by atoms with van der Waals surface area (Å²) in [6, 6.07) is -0.136. The van der Waals surface area contributed by atoms with Gasteiger partial charge in [0.25, 0.3) is 0 Å². The first kappa shape index (κ1) is 9.15. The molecule has 0 aliphatic carbocycles. The predicted molar refractivity (Wildman–Crippen MR) is 46.3 cm³/mol. The standard InChI is InChI=1S/C7H10N2O2S/c1-2-4(8)6-9-3-5(12-6)7(10)11/h3-4H,2,8H2,1H3,(H,10,11)/t4-/m0/s1. The van der Waals surface area contributed by atoms with Crippen LogP contribution in [0.25, 0.3) is 0 Å². The average Bonchev–Trinajstić information content (AvgIpc) is 2.51. The Balaban J connectivity index is 2.84. The second-order valence-electron chi connectivity index (χ2n) is 2.38. The van der Waals surface area contributed by atoms with E-state index < -0.39 is 5.97 Å². The van der Waals surface area contributed by atoms with Crippen LogP contribution < -0.4 is 5.73 Å². The molecule has 0 bridgehead atoms. The Morgan fingerprint density at radius 2 is 2.58 bits per heavy atom. The van der Waals surface area contributed by atoms with Crippen LogP contribution >= 0.6 is 11.3 Å². The lowest BCUT2D eigenvalue weighted by Gasteiger charge is -2.01. The van der Waals surface area contributed by atoms with E-state index in [1.165, 1.54) is 6.20 Å². The highest BCUT2D eigenvalue weighted by Crippen LogP contribution is 2.20. The number of aromatic carboxylic acids is 1. The van der Waals surface area contributed by atoms with Gasteiger partial charge in [-0.3, -0.25) is 0 Å². The molecule has 0 radical (unpaired) electrons. The van der Waals surface area contributed by atoms with Gasteiger partial charge in [-0.05, 0) is 6.42 Å². The van der Waals surface area contributed by atoms with Crippen molar-refractivity contribution in [2.45, 2.75) is 19.4 Å². The first-order chi connectivity index (χ1) is 5.65. The summed E-state index contributed by atoms with van der Waals surface area (Å²) >= 11 is 1.14. The van der Waals surface area contributed by atoms with Gasteiger partial charge in [-0.2, -0.15) is 0 Å². The van der Waals surface area contributed by atoms with Crippen molar-refractivity contribution in [2.75, 3.05) is 0 Å². The molecule has 1 heterocycles. The van der Waals surface area contributed by atoms with Crippen molar-refractivity contribution < 1.29 is 9.90 Å². The number of carboxylic acid groups (broad SMARTS) is 1. The molecule has 0 aromatic carbocycles. The van der Waals surface area contributed by atoms with Gasteiger partial charge in [0.15, 0.2) is 0 Å². The topological polar surface area (TPSA) is 76.2 Å². The van der Waals surface area contributed by atoms with Crippen LogP contribution in [0.15, 0.2) is 6.20 Å². The third-order valence-corrected chi connectivity index (χ3v) is 2.61. The van der Waals surface area contributed by atoms with Gasteiger partial charge in [0.1, 0.15) is 9.88 Å². The van der Waals surface area contributed by atoms with Crippen LogP contribution in [-0.4, -0.2) is 16.1 Å². The van der Waals surface area contributed by atoms with E-state index in [1.807, 2.05) is 6.92 Å². The van der Waals surface area contributed by atoms with E-state index in [0.717, 1.165) is 17.8 Å². The number of hydrogen-bond acceptors (Lipinski definition) is 4. The predicted octanol–water partition coefficient (Wildman–Crippen LogP) is 1.25. The minimum atomic E-state index is -0.943. The van der Waals surface area contributed by atoms with Crippen molar-refractivity contribution in [2.24, 2.45) is 5.73 Å². The molecular formula is C7H10N2O2S. The van der Waals surface area contributed by atoms with Gasteiger partial charge in [-0.15, -0.1) is 11.3 Å². The summed E-state index contributed by atoms with van der Waals surface area (Å²) < 4.78 is 0. The lowest BCUT2D eigenvalue weighted by atomic mass is 10.3. The molecule has 3 N–H and O–H groups in total. The third-order valence-electron chi connectivity index (χ3n) is 1.49. The molecule has 1 atom stereocenters.